The fraction of sp³-hybridized carbons (Fsp3) is 0.375. The zero-order valence-electron chi connectivity index (χ0n) is 18.3. The summed E-state index contributed by atoms with van der Waals surface area (Å²) in [7, 11) is 0. The Morgan fingerprint density at radius 3 is 2.26 bits per heavy atom. The average molecular weight is 491 g/mol. The topological polar surface area (TPSA) is 95.9 Å². The predicted molar refractivity (Wildman–Crippen MR) is 123 cm³/mol. The van der Waals surface area contributed by atoms with Crippen LogP contribution in [0.4, 0.5) is 13.6 Å². The number of aliphatic carboxylic acids is 1. The lowest BCUT2D eigenvalue weighted by Crippen LogP contribution is -2.49. The number of nitrogens with one attached hydrogen (secondary N) is 1. The normalized spacial score (nSPS) is 20.1. The molecule has 2 aromatic rings. The van der Waals surface area contributed by atoms with E-state index in [9.17, 15) is 28.3 Å². The number of alkyl carbamates (subject to hydrolysis) is 1. The molecule has 7 nitrogen and oxygen atoms in total. The highest BCUT2D eigenvalue weighted by Gasteiger charge is 2.41. The molecule has 1 heterocycles. The number of carboxylic acid groups (broad SMARTS) is 1. The van der Waals surface area contributed by atoms with Crippen molar-refractivity contribution in [3.05, 3.63) is 59.7 Å². The summed E-state index contributed by atoms with van der Waals surface area (Å²) in [6.45, 7) is 1.59. The molecule has 0 radical (unpaired) electrons. The monoisotopic (exact) mass is 490 g/mol. The van der Waals surface area contributed by atoms with Gasteiger partial charge in [-0.05, 0) is 29.2 Å². The Morgan fingerprint density at radius 2 is 1.71 bits per heavy atom. The van der Waals surface area contributed by atoms with E-state index in [1.807, 2.05) is 48.5 Å². The van der Waals surface area contributed by atoms with Crippen molar-refractivity contribution >= 4 is 29.7 Å². The summed E-state index contributed by atoms with van der Waals surface area (Å²) in [4.78, 5) is 37.5. The molecule has 0 saturated carbocycles. The molecule has 1 fully saturated rings. The number of hydrogen-bond donors (Lipinski definition) is 2. The number of hydrogen-bond acceptors (Lipinski definition) is 5. The zero-order valence-corrected chi connectivity index (χ0v) is 19.1. The molecule has 4 rings (SSSR count). The van der Waals surface area contributed by atoms with Gasteiger partial charge in [-0.2, -0.15) is 0 Å². The third-order valence-corrected chi connectivity index (χ3v) is 7.36. The average Bonchev–Trinajstić information content (AvgIpc) is 3.35. The number of ether oxygens (including phenoxy) is 1. The van der Waals surface area contributed by atoms with Gasteiger partial charge < -0.3 is 20.1 Å². The Kier molecular flexibility index (Phi) is 7.06. The maximum Gasteiger partial charge on any atom is 0.407 e. The minimum absolute atomic E-state index is 0.0509. The van der Waals surface area contributed by atoms with Crippen LogP contribution in [0.1, 0.15) is 30.4 Å². The number of halogens is 2. The molecule has 0 bridgehead atoms. The first-order valence-electron chi connectivity index (χ1n) is 10.8. The summed E-state index contributed by atoms with van der Waals surface area (Å²) in [5.74, 6) is -2.00. The van der Waals surface area contributed by atoms with Crippen LogP contribution in [0, 0.1) is 0 Å². The van der Waals surface area contributed by atoms with E-state index in [1.54, 1.807) is 6.92 Å². The van der Waals surface area contributed by atoms with Crippen LogP contribution in [0.2, 0.25) is 0 Å². The summed E-state index contributed by atoms with van der Waals surface area (Å²) >= 11 is 1.26. The predicted octanol–water partition coefficient (Wildman–Crippen LogP) is 3.92. The Morgan fingerprint density at radius 1 is 1.12 bits per heavy atom. The largest absolute Gasteiger partial charge is 0.480 e. The van der Waals surface area contributed by atoms with Gasteiger partial charge in [-0.3, -0.25) is 4.79 Å². The second-order valence-corrected chi connectivity index (χ2v) is 9.55. The van der Waals surface area contributed by atoms with Crippen molar-refractivity contribution in [2.45, 2.75) is 43.1 Å². The number of carbonyl (C=O) groups excluding carboxylic acids is 2. The molecule has 0 spiro atoms. The smallest absolute Gasteiger partial charge is 0.407 e. The molecule has 34 heavy (non-hydrogen) atoms. The second kappa shape index (κ2) is 10.0. The van der Waals surface area contributed by atoms with Crippen LogP contribution in [0.3, 0.4) is 0 Å². The first-order chi connectivity index (χ1) is 16.3. The Balaban J connectivity index is 1.40. The van der Waals surface area contributed by atoms with E-state index < -0.39 is 48.3 Å². The number of rotatable bonds is 7. The number of nitrogens with zero attached hydrogens (tertiary/aromatic N) is 1. The van der Waals surface area contributed by atoms with E-state index in [0.29, 0.717) is 0 Å². The summed E-state index contributed by atoms with van der Waals surface area (Å²) in [6.07, 6.45) is -4.81. The van der Waals surface area contributed by atoms with E-state index in [-0.39, 0.29) is 18.3 Å². The number of fused-ring (bicyclic) bond motifs is 3. The third kappa shape index (κ3) is 4.72. The maximum absolute atomic E-state index is 13.6. The lowest BCUT2D eigenvalue weighted by atomic mass is 9.98. The summed E-state index contributed by atoms with van der Waals surface area (Å²) < 4.78 is 32.6. The Hall–Kier alpha value is -3.14. The van der Waals surface area contributed by atoms with E-state index in [0.717, 1.165) is 27.2 Å². The lowest BCUT2D eigenvalue weighted by molar-refractivity contribution is -0.149. The fourth-order valence-corrected chi connectivity index (χ4v) is 5.69. The molecule has 1 saturated heterocycles. The quantitative estimate of drug-likeness (QED) is 0.611. The molecule has 2 amide bonds. The molecular weight excluding hydrogens is 466 g/mol. The first-order valence-corrected chi connectivity index (χ1v) is 11.9. The van der Waals surface area contributed by atoms with E-state index >= 15 is 0 Å². The van der Waals surface area contributed by atoms with Gasteiger partial charge in [0, 0.05) is 11.7 Å². The van der Waals surface area contributed by atoms with Gasteiger partial charge in [0.25, 0.3) is 6.43 Å². The van der Waals surface area contributed by atoms with Crippen molar-refractivity contribution in [3.63, 3.8) is 0 Å². The van der Waals surface area contributed by atoms with Crippen molar-refractivity contribution < 1.29 is 33.0 Å². The van der Waals surface area contributed by atoms with Crippen LogP contribution in [0.25, 0.3) is 11.1 Å². The zero-order chi connectivity index (χ0) is 24.4. The van der Waals surface area contributed by atoms with Crippen molar-refractivity contribution in [1.82, 2.24) is 10.2 Å². The molecule has 180 valence electrons. The van der Waals surface area contributed by atoms with Gasteiger partial charge in [0.2, 0.25) is 5.91 Å². The van der Waals surface area contributed by atoms with Crippen LogP contribution in [-0.2, 0) is 14.3 Å². The minimum Gasteiger partial charge on any atom is -0.480 e. The summed E-state index contributed by atoms with van der Waals surface area (Å²) in [6, 6.07) is 12.6. The van der Waals surface area contributed by atoms with Crippen LogP contribution in [0.15, 0.2) is 48.5 Å². The molecule has 3 atom stereocenters. The molecule has 2 aromatic carbocycles. The maximum atomic E-state index is 13.6. The summed E-state index contributed by atoms with van der Waals surface area (Å²) in [5, 5.41) is 10.9. The lowest BCUT2D eigenvalue weighted by Gasteiger charge is -2.27. The number of carboxylic acids is 1. The standard InChI is InChI=1S/C24H24F2N2O5S/c1-13-28(20(12-34-13)23(30)31)21(29)10-19(22(25)26)27-24(32)33-11-18-16-8-4-2-6-14(16)15-7-3-5-9-17(15)18/h2-9,13,18-20,22H,10-12H2,1H3,(H,27,32)(H,30,31). The Labute approximate surface area is 199 Å². The number of benzene rings is 2. The third-order valence-electron chi connectivity index (χ3n) is 6.14. The highest BCUT2D eigenvalue weighted by atomic mass is 32.2. The van der Waals surface area contributed by atoms with Crippen molar-refractivity contribution in [2.75, 3.05) is 12.4 Å². The SMILES string of the molecule is CC1SCC(C(=O)O)N1C(=O)CC(NC(=O)OCC1c2ccccc2-c2ccccc21)C(F)F. The fourth-order valence-electron chi connectivity index (χ4n) is 4.50. The molecule has 0 aromatic heterocycles. The molecular formula is C24H24F2N2O5S. The van der Waals surface area contributed by atoms with Gasteiger partial charge in [-0.25, -0.2) is 18.4 Å². The molecule has 1 aliphatic heterocycles. The second-order valence-electron chi connectivity index (χ2n) is 8.20. The van der Waals surface area contributed by atoms with Gasteiger partial charge in [0.1, 0.15) is 18.7 Å². The van der Waals surface area contributed by atoms with Crippen LogP contribution in [0.5, 0.6) is 0 Å². The van der Waals surface area contributed by atoms with E-state index in [2.05, 4.69) is 5.32 Å². The number of carbonyl (C=O) groups is 3. The van der Waals surface area contributed by atoms with Gasteiger partial charge >= 0.3 is 12.1 Å². The van der Waals surface area contributed by atoms with E-state index in [1.165, 1.54) is 11.8 Å². The number of thioether (sulfide) groups is 1. The highest BCUT2D eigenvalue weighted by molar-refractivity contribution is 8.00. The van der Waals surface area contributed by atoms with Crippen LogP contribution >= 0.6 is 11.8 Å². The van der Waals surface area contributed by atoms with Crippen LogP contribution in [-0.4, -0.2) is 64.2 Å². The van der Waals surface area contributed by atoms with Crippen molar-refractivity contribution in [1.29, 1.82) is 0 Å². The molecule has 2 N–H and O–H groups in total. The molecule has 10 heteroatoms. The number of amides is 2. The minimum atomic E-state index is -3.03. The number of alkyl halides is 2. The van der Waals surface area contributed by atoms with Gasteiger partial charge in [-0.1, -0.05) is 48.5 Å². The summed E-state index contributed by atoms with van der Waals surface area (Å²) in [5.41, 5.74) is 4.04. The van der Waals surface area contributed by atoms with Gasteiger partial charge in [0.15, 0.2) is 0 Å². The molecule has 3 unspecified atom stereocenters. The molecule has 1 aliphatic carbocycles. The molecule has 2 aliphatic rings. The Bertz CT molecular complexity index is 1050. The highest BCUT2D eigenvalue weighted by Crippen LogP contribution is 2.44. The van der Waals surface area contributed by atoms with Crippen molar-refractivity contribution in [3.8, 4) is 11.1 Å². The van der Waals surface area contributed by atoms with E-state index in [4.69, 9.17) is 4.74 Å². The first kappa shape index (κ1) is 24.0. The van der Waals surface area contributed by atoms with Crippen molar-refractivity contribution in [2.24, 2.45) is 0 Å². The van der Waals surface area contributed by atoms with Gasteiger partial charge in [-0.15, -0.1) is 11.8 Å². The van der Waals surface area contributed by atoms with Crippen LogP contribution < -0.4 is 5.32 Å². The van der Waals surface area contributed by atoms with Gasteiger partial charge in [0.05, 0.1) is 11.8 Å².